The van der Waals surface area contributed by atoms with E-state index in [2.05, 4.69) is 21.6 Å². The molecule has 1 saturated heterocycles. The number of anilines is 1. The summed E-state index contributed by atoms with van der Waals surface area (Å²) in [7, 11) is -1.42. The monoisotopic (exact) mass is 387 g/mol. The van der Waals surface area contributed by atoms with Crippen molar-refractivity contribution in [2.75, 3.05) is 44.5 Å². The van der Waals surface area contributed by atoms with E-state index < -0.39 is 10.0 Å². The van der Waals surface area contributed by atoms with Crippen LogP contribution in [0, 0.1) is 0 Å². The largest absolute Gasteiger partial charge is 0.304 e. The van der Waals surface area contributed by atoms with Gasteiger partial charge in [0.1, 0.15) is 0 Å². The summed E-state index contributed by atoms with van der Waals surface area (Å²) in [5.74, 6) is -0.0315. The van der Waals surface area contributed by atoms with Crippen molar-refractivity contribution in [2.45, 2.75) is 5.75 Å². The molecule has 7 heteroatoms. The number of likely N-dealkylation sites (N-methyl/N-ethyl adjacent to an activating group) is 1. The third kappa shape index (κ3) is 5.89. The minimum absolute atomic E-state index is 0.0539. The van der Waals surface area contributed by atoms with Crippen LogP contribution in [0.15, 0.2) is 54.6 Å². The number of carbonyl (C=O) groups is 1. The molecule has 1 aliphatic heterocycles. The number of sulfonamides is 1. The SMILES string of the molecule is CN1CCN(CC(=O)c2ccc(NS(=O)(=O)Cc3ccccc3)cc2)CC1. The van der Waals surface area contributed by atoms with E-state index in [1.807, 2.05) is 18.2 Å². The highest BCUT2D eigenvalue weighted by Gasteiger charge is 2.18. The van der Waals surface area contributed by atoms with Crippen LogP contribution in [0.4, 0.5) is 5.69 Å². The first-order chi connectivity index (χ1) is 12.9. The van der Waals surface area contributed by atoms with E-state index in [9.17, 15) is 13.2 Å². The average molecular weight is 388 g/mol. The van der Waals surface area contributed by atoms with Crippen molar-refractivity contribution >= 4 is 21.5 Å². The minimum Gasteiger partial charge on any atom is -0.304 e. The van der Waals surface area contributed by atoms with Crippen molar-refractivity contribution in [2.24, 2.45) is 0 Å². The van der Waals surface area contributed by atoms with Gasteiger partial charge in [-0.05, 0) is 36.9 Å². The van der Waals surface area contributed by atoms with Gasteiger partial charge in [0.05, 0.1) is 12.3 Å². The topological polar surface area (TPSA) is 69.7 Å². The van der Waals surface area contributed by atoms with Crippen LogP contribution in [0.5, 0.6) is 0 Å². The van der Waals surface area contributed by atoms with Gasteiger partial charge in [-0.2, -0.15) is 0 Å². The number of nitrogens with zero attached hydrogens (tertiary/aromatic N) is 2. The molecule has 0 amide bonds. The zero-order valence-corrected chi connectivity index (χ0v) is 16.3. The zero-order chi connectivity index (χ0) is 19.3. The van der Waals surface area contributed by atoms with Gasteiger partial charge in [0, 0.05) is 37.4 Å². The molecule has 6 nitrogen and oxygen atoms in total. The zero-order valence-electron chi connectivity index (χ0n) is 15.5. The summed E-state index contributed by atoms with van der Waals surface area (Å²) in [6.07, 6.45) is 0. The van der Waals surface area contributed by atoms with Crippen LogP contribution in [-0.2, 0) is 15.8 Å². The van der Waals surface area contributed by atoms with Crippen molar-refractivity contribution in [1.29, 1.82) is 0 Å². The number of ketones is 1. The quantitative estimate of drug-likeness (QED) is 0.737. The Morgan fingerprint density at radius 2 is 1.59 bits per heavy atom. The molecule has 0 radical (unpaired) electrons. The number of piperazine rings is 1. The van der Waals surface area contributed by atoms with E-state index in [1.165, 1.54) is 0 Å². The second-order valence-electron chi connectivity index (χ2n) is 6.93. The summed E-state index contributed by atoms with van der Waals surface area (Å²) in [5, 5.41) is 0. The van der Waals surface area contributed by atoms with Crippen molar-refractivity contribution in [1.82, 2.24) is 9.80 Å². The van der Waals surface area contributed by atoms with Gasteiger partial charge in [-0.1, -0.05) is 30.3 Å². The Balaban J connectivity index is 1.57. The fraction of sp³-hybridized carbons (Fsp3) is 0.350. The molecule has 144 valence electrons. The number of hydrogen-bond donors (Lipinski definition) is 1. The maximum Gasteiger partial charge on any atom is 0.236 e. The van der Waals surface area contributed by atoms with Crippen LogP contribution in [0.2, 0.25) is 0 Å². The molecular formula is C20H25N3O3S. The third-order valence-corrected chi connectivity index (χ3v) is 5.90. The highest BCUT2D eigenvalue weighted by Crippen LogP contribution is 2.15. The predicted octanol–water partition coefficient (Wildman–Crippen LogP) is 2.06. The van der Waals surface area contributed by atoms with E-state index in [1.54, 1.807) is 36.4 Å². The first-order valence-corrected chi connectivity index (χ1v) is 10.7. The van der Waals surface area contributed by atoms with Gasteiger partial charge in [0.2, 0.25) is 10.0 Å². The Morgan fingerprint density at radius 1 is 0.963 bits per heavy atom. The lowest BCUT2D eigenvalue weighted by atomic mass is 10.1. The smallest absolute Gasteiger partial charge is 0.236 e. The molecule has 0 unspecified atom stereocenters. The highest BCUT2D eigenvalue weighted by atomic mass is 32.2. The van der Waals surface area contributed by atoms with E-state index in [0.29, 0.717) is 17.8 Å². The summed E-state index contributed by atoms with van der Waals surface area (Å²) < 4.78 is 27.1. The van der Waals surface area contributed by atoms with Crippen LogP contribution in [-0.4, -0.2) is 63.8 Å². The molecule has 0 aromatic heterocycles. The van der Waals surface area contributed by atoms with Gasteiger partial charge in [-0.25, -0.2) is 8.42 Å². The Bertz CT molecular complexity index is 859. The van der Waals surface area contributed by atoms with Gasteiger partial charge < -0.3 is 4.90 Å². The van der Waals surface area contributed by atoms with Crippen molar-refractivity contribution in [3.63, 3.8) is 0 Å². The van der Waals surface area contributed by atoms with Crippen LogP contribution in [0.25, 0.3) is 0 Å². The number of benzene rings is 2. The number of carbonyl (C=O) groups excluding carboxylic acids is 1. The van der Waals surface area contributed by atoms with Gasteiger partial charge in [0.15, 0.2) is 5.78 Å². The summed E-state index contributed by atoms with van der Waals surface area (Å²) >= 11 is 0. The lowest BCUT2D eigenvalue weighted by molar-refractivity contribution is 0.0876. The maximum atomic E-state index is 12.4. The van der Waals surface area contributed by atoms with E-state index in [0.717, 1.165) is 31.7 Å². The molecule has 1 fully saturated rings. The average Bonchev–Trinajstić information content (AvgIpc) is 2.64. The third-order valence-electron chi connectivity index (χ3n) is 4.64. The van der Waals surface area contributed by atoms with Crippen molar-refractivity contribution in [3.05, 3.63) is 65.7 Å². The maximum absolute atomic E-state index is 12.4. The minimum atomic E-state index is -3.50. The van der Waals surface area contributed by atoms with Crippen LogP contribution in [0.3, 0.4) is 0 Å². The van der Waals surface area contributed by atoms with Gasteiger partial charge in [-0.15, -0.1) is 0 Å². The van der Waals surface area contributed by atoms with Crippen LogP contribution < -0.4 is 4.72 Å². The summed E-state index contributed by atoms with van der Waals surface area (Å²) in [6, 6.07) is 15.7. The normalized spacial score (nSPS) is 16.2. The Hall–Kier alpha value is -2.22. The van der Waals surface area contributed by atoms with Crippen molar-refractivity contribution < 1.29 is 13.2 Å². The lowest BCUT2D eigenvalue weighted by Gasteiger charge is -2.31. The standard InChI is InChI=1S/C20H25N3O3S/c1-22-11-13-23(14-12-22)15-20(24)18-7-9-19(10-8-18)21-27(25,26)16-17-5-3-2-4-6-17/h2-10,21H,11-16H2,1H3. The fourth-order valence-corrected chi connectivity index (χ4v) is 4.23. The number of Topliss-reactive ketones (excluding diaryl/α,β-unsaturated/α-hetero) is 1. The predicted molar refractivity (Wildman–Crippen MR) is 107 cm³/mol. The van der Waals surface area contributed by atoms with Gasteiger partial charge >= 0.3 is 0 Å². The molecule has 2 aromatic rings. The van der Waals surface area contributed by atoms with Crippen LogP contribution >= 0.6 is 0 Å². The molecule has 0 saturated carbocycles. The summed E-state index contributed by atoms with van der Waals surface area (Å²) in [6.45, 7) is 4.11. The fourth-order valence-electron chi connectivity index (χ4n) is 3.03. The molecule has 0 aliphatic carbocycles. The molecule has 0 spiro atoms. The van der Waals surface area contributed by atoms with E-state index in [4.69, 9.17) is 0 Å². The first-order valence-electron chi connectivity index (χ1n) is 9.00. The van der Waals surface area contributed by atoms with Crippen LogP contribution in [0.1, 0.15) is 15.9 Å². The van der Waals surface area contributed by atoms with Gasteiger partial charge in [0.25, 0.3) is 0 Å². The van der Waals surface area contributed by atoms with E-state index >= 15 is 0 Å². The summed E-state index contributed by atoms with van der Waals surface area (Å²) in [5.41, 5.74) is 1.78. The molecule has 1 N–H and O–H groups in total. The first kappa shape index (κ1) is 19.5. The molecule has 0 atom stereocenters. The summed E-state index contributed by atoms with van der Waals surface area (Å²) in [4.78, 5) is 16.8. The highest BCUT2D eigenvalue weighted by molar-refractivity contribution is 7.91. The lowest BCUT2D eigenvalue weighted by Crippen LogP contribution is -2.46. The Kier molecular flexibility index (Phi) is 6.26. The second-order valence-corrected chi connectivity index (χ2v) is 8.65. The molecule has 1 aliphatic rings. The van der Waals surface area contributed by atoms with Gasteiger partial charge in [-0.3, -0.25) is 14.4 Å². The van der Waals surface area contributed by atoms with Crippen molar-refractivity contribution in [3.8, 4) is 0 Å². The Morgan fingerprint density at radius 3 is 2.22 bits per heavy atom. The molecule has 2 aromatic carbocycles. The molecule has 3 rings (SSSR count). The molecule has 27 heavy (non-hydrogen) atoms. The van der Waals surface area contributed by atoms with E-state index in [-0.39, 0.29) is 11.5 Å². The molecular weight excluding hydrogens is 362 g/mol. The number of hydrogen-bond acceptors (Lipinski definition) is 5. The molecule has 1 heterocycles. The number of nitrogens with one attached hydrogen (secondary N) is 1. The second kappa shape index (κ2) is 8.65. The number of rotatable bonds is 7. The molecule has 0 bridgehead atoms. The Labute approximate surface area is 160 Å².